The molecule has 0 saturated heterocycles. The first-order chi connectivity index (χ1) is 33.2. The predicted molar refractivity (Wildman–Crippen MR) is 283 cm³/mol. The summed E-state index contributed by atoms with van der Waals surface area (Å²) in [6.45, 7) is 9.56. The minimum absolute atomic E-state index is 0.149. The van der Waals surface area contributed by atoms with Crippen molar-refractivity contribution in [3.05, 3.63) is 269 Å². The molecule has 1 atom stereocenters. The summed E-state index contributed by atoms with van der Waals surface area (Å²) in [5.74, 6) is 0. The summed E-state index contributed by atoms with van der Waals surface area (Å²) in [6.07, 6.45) is 0. The van der Waals surface area contributed by atoms with E-state index in [-0.39, 0.29) is 10.8 Å². The molecule has 0 aromatic heterocycles. The zero-order valence-electron chi connectivity index (χ0n) is 38.8. The highest BCUT2D eigenvalue weighted by molar-refractivity contribution is 6.02. The Hall–Kier alpha value is -8.00. The Labute approximate surface area is 399 Å². The molecule has 4 aliphatic carbocycles. The second-order valence-electron chi connectivity index (χ2n) is 20.4. The van der Waals surface area contributed by atoms with E-state index in [0.717, 1.165) is 0 Å². The summed E-state index contributed by atoms with van der Waals surface area (Å²) in [5.41, 5.74) is 29.0. The summed E-state index contributed by atoms with van der Waals surface area (Å²) in [6, 6.07) is 85.0. The zero-order chi connectivity index (χ0) is 45.5. The lowest BCUT2D eigenvalue weighted by atomic mass is 9.70. The molecular weight excluding hydrogens is 819 g/mol. The first kappa shape index (κ1) is 39.2. The number of rotatable bonds is 5. The fourth-order valence-corrected chi connectivity index (χ4v) is 13.1. The molecule has 1 nitrogen and oxygen atoms in total. The minimum Gasteiger partial charge on any atom is -0.310 e. The maximum atomic E-state index is 2.58. The average molecular weight is 868 g/mol. The molecule has 0 heterocycles. The molecule has 14 rings (SSSR count). The Bertz CT molecular complexity index is 3650. The second kappa shape index (κ2) is 14.0. The van der Waals surface area contributed by atoms with Crippen molar-refractivity contribution in [2.75, 3.05) is 4.90 Å². The van der Waals surface area contributed by atoms with Crippen LogP contribution in [0.3, 0.4) is 0 Å². The van der Waals surface area contributed by atoms with Crippen LogP contribution in [0.4, 0.5) is 17.1 Å². The van der Waals surface area contributed by atoms with Crippen molar-refractivity contribution in [2.45, 2.75) is 43.9 Å². The maximum absolute atomic E-state index is 2.58. The first-order valence-corrected chi connectivity index (χ1v) is 24.2. The van der Waals surface area contributed by atoms with Crippen molar-refractivity contribution in [1.29, 1.82) is 0 Å². The maximum Gasteiger partial charge on any atom is 0.0726 e. The Morgan fingerprint density at radius 2 is 0.691 bits per heavy atom. The van der Waals surface area contributed by atoms with E-state index in [0.29, 0.717) is 0 Å². The van der Waals surface area contributed by atoms with Crippen LogP contribution >= 0.6 is 0 Å². The average Bonchev–Trinajstić information content (AvgIpc) is 4.02. The molecule has 0 amide bonds. The largest absolute Gasteiger partial charge is 0.310 e. The molecular formula is C67H49N. The van der Waals surface area contributed by atoms with Crippen LogP contribution in [0.2, 0.25) is 0 Å². The standard InChI is InChI=1S/C67H49N/c1-65(2)55-26-12-8-22-48(55)51-35-33-46(40-61(51)65)68(47-34-36-52-49-23-9-13-27-56(49)66(3,4)62(52)41-47)63-31-17-30-60-64(63)53-25-11-15-29-58(53)67(60)57-28-14-10-24-50(57)54-39-45(32-37-59(54)67)44-21-16-20-43(38-44)42-18-6-5-7-19-42/h5-41H,1-4H3. The smallest absolute Gasteiger partial charge is 0.0726 e. The van der Waals surface area contributed by atoms with Crippen molar-refractivity contribution in [3.8, 4) is 66.8 Å². The summed E-state index contributed by atoms with van der Waals surface area (Å²) in [4.78, 5) is 2.58. The van der Waals surface area contributed by atoms with Crippen LogP contribution < -0.4 is 4.90 Å². The predicted octanol–water partition coefficient (Wildman–Crippen LogP) is 17.4. The Morgan fingerprint density at radius 1 is 0.265 bits per heavy atom. The van der Waals surface area contributed by atoms with Crippen molar-refractivity contribution in [1.82, 2.24) is 0 Å². The van der Waals surface area contributed by atoms with Gasteiger partial charge in [-0.2, -0.15) is 0 Å². The number of anilines is 3. The molecule has 0 aliphatic heterocycles. The Balaban J connectivity index is 1.00. The number of nitrogens with zero attached hydrogens (tertiary/aromatic N) is 1. The summed E-state index contributed by atoms with van der Waals surface area (Å²) >= 11 is 0. The first-order valence-electron chi connectivity index (χ1n) is 24.2. The van der Waals surface area contributed by atoms with Crippen molar-refractivity contribution in [2.24, 2.45) is 0 Å². The third-order valence-corrected chi connectivity index (χ3v) is 16.3. The van der Waals surface area contributed by atoms with E-state index in [1.54, 1.807) is 0 Å². The van der Waals surface area contributed by atoms with Crippen molar-refractivity contribution in [3.63, 3.8) is 0 Å². The van der Waals surface area contributed by atoms with Gasteiger partial charge in [0.25, 0.3) is 0 Å². The quantitative estimate of drug-likeness (QED) is 0.167. The molecule has 0 N–H and O–H groups in total. The highest BCUT2D eigenvalue weighted by atomic mass is 15.1. The van der Waals surface area contributed by atoms with Crippen LogP contribution in [0, 0.1) is 0 Å². The molecule has 1 heteroatoms. The van der Waals surface area contributed by atoms with Gasteiger partial charge in [0.05, 0.1) is 11.1 Å². The van der Waals surface area contributed by atoms with Gasteiger partial charge in [0.1, 0.15) is 0 Å². The highest BCUT2D eigenvalue weighted by Crippen LogP contribution is 2.65. The third-order valence-electron chi connectivity index (χ3n) is 16.3. The van der Waals surface area contributed by atoms with Crippen molar-refractivity contribution >= 4 is 17.1 Å². The molecule has 1 unspecified atom stereocenters. The van der Waals surface area contributed by atoms with Crippen LogP contribution in [0.1, 0.15) is 72.2 Å². The fraction of sp³-hybridized carbons (Fsp3) is 0.104. The molecule has 10 aromatic carbocycles. The van der Waals surface area contributed by atoms with Gasteiger partial charge in [0, 0.05) is 27.8 Å². The van der Waals surface area contributed by atoms with E-state index < -0.39 is 5.41 Å². The second-order valence-corrected chi connectivity index (χ2v) is 20.4. The van der Waals surface area contributed by atoms with E-state index >= 15 is 0 Å². The van der Waals surface area contributed by atoms with Gasteiger partial charge in [-0.15, -0.1) is 0 Å². The molecule has 4 aliphatic rings. The van der Waals surface area contributed by atoms with Crippen LogP contribution in [-0.4, -0.2) is 0 Å². The topological polar surface area (TPSA) is 3.24 Å². The highest BCUT2D eigenvalue weighted by Gasteiger charge is 2.52. The normalized spacial score (nSPS) is 16.5. The van der Waals surface area contributed by atoms with Gasteiger partial charge in [-0.3, -0.25) is 0 Å². The van der Waals surface area contributed by atoms with Crippen molar-refractivity contribution < 1.29 is 0 Å². The molecule has 0 radical (unpaired) electrons. The number of hydrogen-bond donors (Lipinski definition) is 0. The monoisotopic (exact) mass is 867 g/mol. The number of fused-ring (bicyclic) bond motifs is 16. The van der Waals surface area contributed by atoms with Crippen LogP contribution in [0.5, 0.6) is 0 Å². The zero-order valence-corrected chi connectivity index (χ0v) is 38.8. The summed E-state index contributed by atoms with van der Waals surface area (Å²) in [5, 5.41) is 0. The third kappa shape index (κ3) is 5.17. The van der Waals surface area contributed by atoms with E-state index in [1.165, 1.54) is 128 Å². The van der Waals surface area contributed by atoms with Crippen LogP contribution in [-0.2, 0) is 16.2 Å². The van der Waals surface area contributed by atoms with Gasteiger partial charge in [0.2, 0.25) is 0 Å². The fourth-order valence-electron chi connectivity index (χ4n) is 13.1. The van der Waals surface area contributed by atoms with Gasteiger partial charge < -0.3 is 4.90 Å². The molecule has 322 valence electrons. The van der Waals surface area contributed by atoms with E-state index in [9.17, 15) is 0 Å². The molecule has 10 aromatic rings. The summed E-state index contributed by atoms with van der Waals surface area (Å²) in [7, 11) is 0. The Kier molecular flexibility index (Phi) is 8.08. The molecule has 0 fully saturated rings. The van der Waals surface area contributed by atoms with Gasteiger partial charge in [0.15, 0.2) is 0 Å². The molecule has 1 spiro atoms. The number of hydrogen-bond acceptors (Lipinski definition) is 1. The molecule has 68 heavy (non-hydrogen) atoms. The van der Waals surface area contributed by atoms with Gasteiger partial charge in [-0.05, 0) is 148 Å². The lowest BCUT2D eigenvalue weighted by Crippen LogP contribution is -2.26. The van der Waals surface area contributed by atoms with Gasteiger partial charge in [-0.25, -0.2) is 0 Å². The molecule has 0 bridgehead atoms. The van der Waals surface area contributed by atoms with Gasteiger partial charge >= 0.3 is 0 Å². The Morgan fingerprint density at radius 3 is 1.31 bits per heavy atom. The minimum atomic E-state index is -0.507. The number of benzene rings is 10. The lowest BCUT2D eigenvalue weighted by molar-refractivity contribution is 0.660. The van der Waals surface area contributed by atoms with E-state index in [1.807, 2.05) is 0 Å². The molecule has 0 saturated carbocycles. The van der Waals surface area contributed by atoms with E-state index in [2.05, 4.69) is 257 Å². The SMILES string of the molecule is CC1(C)c2ccccc2-c2ccc(N(c3ccc4c(c3)C(C)(C)c3ccccc3-4)c3cccc4c3-c3ccccc3C43c4ccccc4-c4cc(-c5cccc(-c6ccccc6)c5)ccc43)cc21. The lowest BCUT2D eigenvalue weighted by Gasteiger charge is -2.33. The van der Waals surface area contributed by atoms with E-state index in [4.69, 9.17) is 0 Å². The van der Waals surface area contributed by atoms with Gasteiger partial charge in [-0.1, -0.05) is 210 Å². The summed E-state index contributed by atoms with van der Waals surface area (Å²) < 4.78 is 0. The van der Waals surface area contributed by atoms with Crippen LogP contribution in [0.15, 0.2) is 224 Å². The van der Waals surface area contributed by atoms with Crippen LogP contribution in [0.25, 0.3) is 66.8 Å².